The second-order valence-electron chi connectivity index (χ2n) is 2.97. The molecule has 0 saturated carbocycles. The van der Waals surface area contributed by atoms with Crippen molar-refractivity contribution >= 4 is 22.9 Å². The van der Waals surface area contributed by atoms with E-state index in [0.717, 1.165) is 12.1 Å². The third-order valence-electron chi connectivity index (χ3n) is 2.09. The summed E-state index contributed by atoms with van der Waals surface area (Å²) in [6.07, 6.45) is 4.18. The Bertz CT molecular complexity index is 84.9. The Labute approximate surface area is 71.3 Å². The first-order valence-corrected chi connectivity index (χ1v) is 4.62. The summed E-state index contributed by atoms with van der Waals surface area (Å²) < 4.78 is 2.45. The quantitative estimate of drug-likeness (QED) is 0.464. The highest BCUT2D eigenvalue weighted by atomic mass is 127. The van der Waals surface area contributed by atoms with Crippen LogP contribution in [0.25, 0.3) is 0 Å². The molecule has 1 aliphatic rings. The summed E-state index contributed by atoms with van der Waals surface area (Å²) in [5, 5.41) is 0. The molecule has 1 heterocycles. The minimum absolute atomic E-state index is 0.800. The summed E-state index contributed by atoms with van der Waals surface area (Å²) in [5.74, 6) is 0. The second-order valence-corrected chi connectivity index (χ2v) is 4.09. The summed E-state index contributed by atoms with van der Waals surface area (Å²) in [6, 6.07) is 1.60. The molecule has 1 fully saturated rings. The fraction of sp³-hybridized carbons (Fsp3) is 1.00. The highest BCUT2D eigenvalue weighted by Gasteiger charge is 2.21. The molecule has 0 aromatic rings. The molecule has 9 heavy (non-hydrogen) atoms. The normalized spacial score (nSPS) is 39.0. The molecule has 0 N–H and O–H groups in total. The average Bonchev–Trinajstić information content (AvgIpc) is 1.83. The van der Waals surface area contributed by atoms with Gasteiger partial charge in [-0.25, -0.2) is 3.11 Å². The molecule has 1 aliphatic heterocycles. The third kappa shape index (κ3) is 1.80. The fourth-order valence-corrected chi connectivity index (χ4v) is 1.95. The predicted octanol–water partition coefficient (Wildman–Crippen LogP) is 2.60. The highest BCUT2D eigenvalue weighted by molar-refractivity contribution is 14.1. The van der Waals surface area contributed by atoms with Crippen LogP contribution in [0.3, 0.4) is 0 Å². The number of halogens is 1. The van der Waals surface area contributed by atoms with E-state index in [-0.39, 0.29) is 0 Å². The molecule has 1 rings (SSSR count). The van der Waals surface area contributed by atoms with Crippen molar-refractivity contribution in [2.24, 2.45) is 0 Å². The van der Waals surface area contributed by atoms with Crippen LogP contribution in [0.2, 0.25) is 0 Å². The van der Waals surface area contributed by atoms with Crippen LogP contribution < -0.4 is 0 Å². The smallest absolute Gasteiger partial charge is 0.0207 e. The lowest BCUT2D eigenvalue weighted by Crippen LogP contribution is -2.35. The number of hydrogen-bond acceptors (Lipinski definition) is 1. The van der Waals surface area contributed by atoms with E-state index >= 15 is 0 Å². The summed E-state index contributed by atoms with van der Waals surface area (Å²) in [6.45, 7) is 4.62. The van der Waals surface area contributed by atoms with Gasteiger partial charge in [0.15, 0.2) is 0 Å². The second kappa shape index (κ2) is 3.19. The van der Waals surface area contributed by atoms with E-state index in [1.807, 2.05) is 0 Å². The van der Waals surface area contributed by atoms with E-state index in [2.05, 4.69) is 39.8 Å². The van der Waals surface area contributed by atoms with Crippen LogP contribution in [0.4, 0.5) is 0 Å². The summed E-state index contributed by atoms with van der Waals surface area (Å²) in [5.41, 5.74) is 0. The number of hydrogen-bond donors (Lipinski definition) is 0. The van der Waals surface area contributed by atoms with Crippen LogP contribution in [0.1, 0.15) is 33.1 Å². The van der Waals surface area contributed by atoms with Gasteiger partial charge in [0.25, 0.3) is 0 Å². The first-order chi connectivity index (χ1) is 4.22. The summed E-state index contributed by atoms with van der Waals surface area (Å²) >= 11 is 2.44. The van der Waals surface area contributed by atoms with Gasteiger partial charge in [-0.1, -0.05) is 6.42 Å². The van der Waals surface area contributed by atoms with Crippen molar-refractivity contribution in [2.45, 2.75) is 45.2 Å². The molecule has 1 saturated heterocycles. The molecule has 2 atom stereocenters. The van der Waals surface area contributed by atoms with Gasteiger partial charge in [-0.2, -0.15) is 0 Å². The molecule has 0 radical (unpaired) electrons. The van der Waals surface area contributed by atoms with Crippen LogP contribution in [-0.2, 0) is 0 Å². The molecule has 0 unspecified atom stereocenters. The maximum absolute atomic E-state index is 2.45. The number of nitrogens with zero attached hydrogens (tertiary/aromatic N) is 1. The molecule has 0 aromatic carbocycles. The lowest BCUT2D eigenvalue weighted by molar-refractivity contribution is 0.246. The minimum atomic E-state index is 0.800. The van der Waals surface area contributed by atoms with Crippen molar-refractivity contribution in [3.8, 4) is 0 Å². The van der Waals surface area contributed by atoms with E-state index in [1.165, 1.54) is 19.3 Å². The monoisotopic (exact) mass is 239 g/mol. The standard InChI is InChI=1S/C7H14IN/c1-6-4-3-5-7(2)9(6)8/h6-7H,3-5H2,1-2H3/t6-,7-/m0/s1. The Balaban J connectivity index is 2.41. The van der Waals surface area contributed by atoms with Gasteiger partial charge in [-0.05, 0) is 26.7 Å². The molecule has 0 aliphatic carbocycles. The highest BCUT2D eigenvalue weighted by Crippen LogP contribution is 2.25. The Morgan fingerprint density at radius 3 is 2.00 bits per heavy atom. The van der Waals surface area contributed by atoms with Gasteiger partial charge in [0, 0.05) is 34.9 Å². The van der Waals surface area contributed by atoms with Crippen LogP contribution in [0.15, 0.2) is 0 Å². The molecule has 0 spiro atoms. The van der Waals surface area contributed by atoms with Crippen LogP contribution in [0.5, 0.6) is 0 Å². The molecule has 0 bridgehead atoms. The summed E-state index contributed by atoms with van der Waals surface area (Å²) in [4.78, 5) is 0. The SMILES string of the molecule is C[C@H]1CCC[C@H](C)N1I. The van der Waals surface area contributed by atoms with Gasteiger partial charge in [0.2, 0.25) is 0 Å². The third-order valence-corrected chi connectivity index (χ3v) is 3.99. The lowest BCUT2D eigenvalue weighted by atomic mass is 10.0. The van der Waals surface area contributed by atoms with E-state index in [9.17, 15) is 0 Å². The van der Waals surface area contributed by atoms with Crippen molar-refractivity contribution in [1.29, 1.82) is 0 Å². The van der Waals surface area contributed by atoms with Crippen molar-refractivity contribution in [2.75, 3.05) is 0 Å². The zero-order valence-electron chi connectivity index (χ0n) is 6.10. The first kappa shape index (κ1) is 7.79. The van der Waals surface area contributed by atoms with Gasteiger partial charge in [-0.3, -0.25) is 0 Å². The summed E-state index contributed by atoms with van der Waals surface area (Å²) in [7, 11) is 0. The van der Waals surface area contributed by atoms with Crippen LogP contribution in [-0.4, -0.2) is 15.2 Å². The Hall–Kier alpha value is 0.690. The Morgan fingerprint density at radius 1 is 1.22 bits per heavy atom. The largest absolute Gasteiger partial charge is 0.242 e. The molecule has 2 heteroatoms. The average molecular weight is 239 g/mol. The van der Waals surface area contributed by atoms with Gasteiger partial charge in [-0.15, -0.1) is 0 Å². The fourth-order valence-electron chi connectivity index (χ4n) is 1.39. The van der Waals surface area contributed by atoms with E-state index < -0.39 is 0 Å². The van der Waals surface area contributed by atoms with E-state index in [4.69, 9.17) is 0 Å². The van der Waals surface area contributed by atoms with Gasteiger partial charge >= 0.3 is 0 Å². The maximum Gasteiger partial charge on any atom is 0.0207 e. The van der Waals surface area contributed by atoms with E-state index in [1.54, 1.807) is 0 Å². The molecule has 0 aromatic heterocycles. The van der Waals surface area contributed by atoms with Gasteiger partial charge in [0.1, 0.15) is 0 Å². The molecule has 54 valence electrons. The zero-order valence-corrected chi connectivity index (χ0v) is 8.26. The zero-order chi connectivity index (χ0) is 6.85. The van der Waals surface area contributed by atoms with Crippen molar-refractivity contribution in [3.63, 3.8) is 0 Å². The lowest BCUT2D eigenvalue weighted by Gasteiger charge is -2.33. The maximum atomic E-state index is 2.45. The van der Waals surface area contributed by atoms with Gasteiger partial charge in [0.05, 0.1) is 0 Å². The number of piperidine rings is 1. The minimum Gasteiger partial charge on any atom is -0.242 e. The molecular weight excluding hydrogens is 225 g/mol. The molecule has 1 nitrogen and oxygen atoms in total. The van der Waals surface area contributed by atoms with Crippen LogP contribution in [0, 0.1) is 0 Å². The first-order valence-electron chi connectivity index (χ1n) is 3.66. The van der Waals surface area contributed by atoms with Crippen molar-refractivity contribution in [1.82, 2.24) is 3.11 Å². The van der Waals surface area contributed by atoms with Crippen LogP contribution >= 0.6 is 22.9 Å². The topological polar surface area (TPSA) is 3.24 Å². The predicted molar refractivity (Wildman–Crippen MR) is 48.6 cm³/mol. The van der Waals surface area contributed by atoms with Gasteiger partial charge < -0.3 is 0 Å². The Kier molecular flexibility index (Phi) is 2.76. The van der Waals surface area contributed by atoms with Crippen molar-refractivity contribution < 1.29 is 0 Å². The van der Waals surface area contributed by atoms with E-state index in [0.29, 0.717) is 0 Å². The Morgan fingerprint density at radius 2 is 1.67 bits per heavy atom. The van der Waals surface area contributed by atoms with Crippen molar-refractivity contribution in [3.05, 3.63) is 0 Å². The number of rotatable bonds is 0. The molecule has 0 amide bonds. The molecular formula is C7H14IN.